The van der Waals surface area contributed by atoms with Crippen LogP contribution < -0.4 is 0 Å². The predicted octanol–water partition coefficient (Wildman–Crippen LogP) is 19.9. The molecule has 9 fully saturated rings. The Morgan fingerprint density at radius 2 is 1.13 bits per heavy atom. The van der Waals surface area contributed by atoms with Gasteiger partial charge < -0.3 is 5.11 Å². The summed E-state index contributed by atoms with van der Waals surface area (Å²) in [5, 5.41) is 18.1. The number of phenols is 1. The molecule has 0 saturated heterocycles. The molecule has 70 heavy (non-hydrogen) atoms. The van der Waals surface area contributed by atoms with Crippen molar-refractivity contribution >= 4 is 29.2 Å². The molecule has 0 spiro atoms. The quantitative estimate of drug-likeness (QED) is 0.161. The van der Waals surface area contributed by atoms with E-state index in [1.165, 1.54) is 168 Å². The van der Waals surface area contributed by atoms with Crippen LogP contribution in [0.4, 0.5) is 5.69 Å². The van der Waals surface area contributed by atoms with Crippen molar-refractivity contribution in [3.05, 3.63) is 62.6 Å². The highest BCUT2D eigenvalue weighted by Gasteiger charge is 2.77. The SMILES string of the molecule is CC(C)CC12CC3CCC(c4cc(C(C)(C)C)cc(CSC5CCCCCCC5SCc5cc(C(C)(C)C)cc(C67CC8CC6(CC(C)C)CC8(CC(C)C)C7)c5O)c4N=O)(C1)CC(CC(C)C)(C3)C2. The summed E-state index contributed by atoms with van der Waals surface area (Å²) in [6, 6.07) is 9.89. The third-order valence-electron chi connectivity index (χ3n) is 20.7. The molecule has 390 valence electrons. The van der Waals surface area contributed by atoms with Gasteiger partial charge in [-0.05, 0) is 210 Å². The number of nitrogens with zero attached hydrogens (tertiary/aromatic N) is 1. The molecule has 0 aliphatic heterocycles. The molecular weight excluding hydrogens is 891 g/mol. The standard InChI is InChI=1S/C65H101NO2S2/c1-42(2)27-60-31-46-21-22-62(38-60,39-61(32-46,37-60)28-43(3)4)52-25-49(58(9,10)11)23-47(56(52)66-68)35-69-54-19-17-15-16-18-20-55(54)70-36-48-24-50(59(12,13)14)26-53(57(48)67)65-34-51-33-64(65,30-45(7)8)40-63(51,41-65)29-44(5)6/h23-26,42-46,51,54-55,67H,15-22,27-41H2,1-14H3. The highest BCUT2D eigenvalue weighted by molar-refractivity contribution is 8.03. The molecule has 3 nitrogen and oxygen atoms in total. The van der Waals surface area contributed by atoms with Gasteiger partial charge in [-0.25, -0.2) is 0 Å². The lowest BCUT2D eigenvalue weighted by molar-refractivity contribution is -0.0681. The molecule has 0 heterocycles. The molecular formula is C65H101NO2S2. The van der Waals surface area contributed by atoms with Crippen molar-refractivity contribution in [2.75, 3.05) is 0 Å². The van der Waals surface area contributed by atoms with E-state index in [1.54, 1.807) is 0 Å². The summed E-state index contributed by atoms with van der Waals surface area (Å²) < 4.78 is 0. The summed E-state index contributed by atoms with van der Waals surface area (Å²) in [6.45, 7) is 33.9. The Morgan fingerprint density at radius 1 is 0.600 bits per heavy atom. The zero-order chi connectivity index (χ0) is 50.5. The van der Waals surface area contributed by atoms with Crippen LogP contribution in [0.5, 0.6) is 5.75 Å². The fraction of sp³-hybridized carbons (Fsp3) is 0.815. The van der Waals surface area contributed by atoms with Crippen molar-refractivity contribution in [1.29, 1.82) is 0 Å². The third kappa shape index (κ3) is 9.83. The molecule has 0 aromatic heterocycles. The van der Waals surface area contributed by atoms with E-state index in [4.69, 9.17) is 0 Å². The highest BCUT2D eigenvalue weighted by Crippen LogP contribution is 2.85. The summed E-state index contributed by atoms with van der Waals surface area (Å²) in [7, 11) is 0. The Kier molecular flexibility index (Phi) is 14.7. The van der Waals surface area contributed by atoms with E-state index in [-0.39, 0.29) is 21.7 Å². The Bertz CT molecular complexity index is 2200. The third-order valence-corrected chi connectivity index (χ3v) is 23.9. The second-order valence-electron chi connectivity index (χ2n) is 30.5. The van der Waals surface area contributed by atoms with Crippen LogP contribution in [0.1, 0.15) is 265 Å². The molecule has 9 saturated carbocycles. The first-order valence-corrected chi connectivity index (χ1v) is 31.5. The average molecular weight is 993 g/mol. The summed E-state index contributed by atoms with van der Waals surface area (Å²) in [5.74, 6) is 6.70. The Hall–Kier alpha value is -1.46. The zero-order valence-corrected chi connectivity index (χ0v) is 48.9. The molecule has 2 aromatic rings. The normalized spacial score (nSPS) is 36.0. The summed E-state index contributed by atoms with van der Waals surface area (Å²) in [5.41, 5.74) is 10.2. The lowest BCUT2D eigenvalue weighted by Crippen LogP contribution is -2.51. The fourth-order valence-corrected chi connectivity index (χ4v) is 22.7. The van der Waals surface area contributed by atoms with Crippen molar-refractivity contribution in [3.8, 4) is 5.75 Å². The van der Waals surface area contributed by atoms with Gasteiger partial charge in [0, 0.05) is 38.5 Å². The molecule has 5 heteroatoms. The fourth-order valence-electron chi connectivity index (χ4n) is 19.6. The van der Waals surface area contributed by atoms with Crippen LogP contribution in [0.25, 0.3) is 0 Å². The number of phenolic OH excluding ortho intramolecular Hbond substituents is 1. The molecule has 8 atom stereocenters. The maximum absolute atomic E-state index is 13.8. The van der Waals surface area contributed by atoms with Crippen molar-refractivity contribution in [3.63, 3.8) is 0 Å². The largest absolute Gasteiger partial charge is 0.507 e. The average Bonchev–Trinajstić information content (AvgIpc) is 3.82. The molecule has 11 rings (SSSR count). The van der Waals surface area contributed by atoms with E-state index in [2.05, 4.69) is 150 Å². The van der Waals surface area contributed by atoms with E-state index in [1.807, 2.05) is 0 Å². The van der Waals surface area contributed by atoms with Gasteiger partial charge >= 0.3 is 0 Å². The van der Waals surface area contributed by atoms with Crippen LogP contribution in [-0.4, -0.2) is 15.6 Å². The minimum atomic E-state index is -0.0270. The van der Waals surface area contributed by atoms with Gasteiger partial charge in [0.1, 0.15) is 11.4 Å². The lowest BCUT2D eigenvalue weighted by Gasteiger charge is -2.60. The molecule has 2 aromatic carbocycles. The zero-order valence-electron chi connectivity index (χ0n) is 47.3. The van der Waals surface area contributed by atoms with Crippen molar-refractivity contribution in [1.82, 2.24) is 0 Å². The molecule has 1 N–H and O–H groups in total. The van der Waals surface area contributed by atoms with Crippen LogP contribution in [-0.2, 0) is 33.2 Å². The number of rotatable bonds is 17. The van der Waals surface area contributed by atoms with Crippen LogP contribution >= 0.6 is 23.5 Å². The van der Waals surface area contributed by atoms with E-state index < -0.39 is 0 Å². The van der Waals surface area contributed by atoms with E-state index >= 15 is 0 Å². The number of benzene rings is 2. The molecule has 8 unspecified atom stereocenters. The van der Waals surface area contributed by atoms with Gasteiger partial charge in [0.05, 0.1) is 0 Å². The van der Waals surface area contributed by atoms with Gasteiger partial charge in [-0.3, -0.25) is 0 Å². The Labute approximate surface area is 438 Å². The van der Waals surface area contributed by atoms with Gasteiger partial charge in [0.15, 0.2) is 0 Å². The molecule has 9 aliphatic carbocycles. The number of nitroso groups, excluding NO2 is 1. The van der Waals surface area contributed by atoms with Gasteiger partial charge in [-0.15, -0.1) is 4.91 Å². The Morgan fingerprint density at radius 3 is 1.66 bits per heavy atom. The van der Waals surface area contributed by atoms with E-state index in [0.717, 1.165) is 29.0 Å². The number of fused-ring (bicyclic) bond motifs is 1. The molecule has 0 radical (unpaired) electrons. The summed E-state index contributed by atoms with van der Waals surface area (Å²) in [4.78, 5) is 13.8. The number of hydrogen-bond acceptors (Lipinski definition) is 5. The highest BCUT2D eigenvalue weighted by atomic mass is 32.2. The van der Waals surface area contributed by atoms with Crippen LogP contribution in [0, 0.1) is 62.1 Å². The smallest absolute Gasteiger partial charge is 0.123 e. The first-order chi connectivity index (χ1) is 32.8. The van der Waals surface area contributed by atoms with Gasteiger partial charge in [0.2, 0.25) is 0 Å². The number of thioether (sulfide) groups is 2. The molecule has 8 bridgehead atoms. The lowest BCUT2D eigenvalue weighted by atomic mass is 9.44. The predicted molar refractivity (Wildman–Crippen MR) is 304 cm³/mol. The van der Waals surface area contributed by atoms with E-state index in [9.17, 15) is 10.0 Å². The first-order valence-electron chi connectivity index (χ1n) is 29.4. The van der Waals surface area contributed by atoms with Crippen LogP contribution in [0.2, 0.25) is 0 Å². The van der Waals surface area contributed by atoms with E-state index in [0.29, 0.717) is 61.6 Å². The molecule has 9 aliphatic rings. The number of aromatic hydroxyl groups is 1. The topological polar surface area (TPSA) is 49.7 Å². The summed E-state index contributed by atoms with van der Waals surface area (Å²) >= 11 is 4.30. The van der Waals surface area contributed by atoms with Gasteiger partial charge in [-0.2, -0.15) is 23.5 Å². The van der Waals surface area contributed by atoms with Gasteiger partial charge in [-0.1, -0.05) is 147 Å². The molecule has 0 amide bonds. The number of hydrogen-bond donors (Lipinski definition) is 1. The van der Waals surface area contributed by atoms with Crippen molar-refractivity contribution in [2.24, 2.45) is 62.3 Å². The van der Waals surface area contributed by atoms with Crippen molar-refractivity contribution < 1.29 is 5.11 Å². The van der Waals surface area contributed by atoms with Crippen LogP contribution in [0.15, 0.2) is 29.4 Å². The first kappa shape index (κ1) is 53.4. The second-order valence-corrected chi connectivity index (χ2v) is 33.0. The minimum absolute atomic E-state index is 0.00152. The maximum Gasteiger partial charge on any atom is 0.123 e. The summed E-state index contributed by atoms with van der Waals surface area (Å²) in [6.07, 6.45) is 27.3. The Balaban J connectivity index is 1.04. The van der Waals surface area contributed by atoms with Crippen molar-refractivity contribution in [2.45, 2.75) is 275 Å². The van der Waals surface area contributed by atoms with Gasteiger partial charge in [0.25, 0.3) is 0 Å². The maximum atomic E-state index is 13.8. The second kappa shape index (κ2) is 19.3. The monoisotopic (exact) mass is 992 g/mol. The van der Waals surface area contributed by atoms with Crippen LogP contribution in [0.3, 0.4) is 0 Å². The minimum Gasteiger partial charge on any atom is -0.507 e.